The van der Waals surface area contributed by atoms with Crippen molar-refractivity contribution in [2.75, 3.05) is 13.2 Å². The lowest BCUT2D eigenvalue weighted by Crippen LogP contribution is -2.26. The van der Waals surface area contributed by atoms with E-state index in [1.165, 1.54) is 12.1 Å². The summed E-state index contributed by atoms with van der Waals surface area (Å²) in [6.45, 7) is 0.0398. The van der Waals surface area contributed by atoms with Crippen molar-refractivity contribution in [3.05, 3.63) is 60.2 Å². The molecule has 0 radical (unpaired) electrons. The van der Waals surface area contributed by atoms with Crippen molar-refractivity contribution in [3.8, 4) is 17.1 Å². The van der Waals surface area contributed by atoms with Crippen LogP contribution in [0.3, 0.4) is 0 Å². The first-order valence-electron chi connectivity index (χ1n) is 9.76. The van der Waals surface area contributed by atoms with Crippen LogP contribution >= 0.6 is 0 Å². The zero-order valence-corrected chi connectivity index (χ0v) is 16.8. The third kappa shape index (κ3) is 5.13. The van der Waals surface area contributed by atoms with Crippen molar-refractivity contribution in [1.82, 2.24) is 20.5 Å². The number of halogens is 5. The number of hydrogen-bond donors (Lipinski definition) is 3. The first kappa shape index (κ1) is 22.3. The number of aromatic nitrogens is 3. The van der Waals surface area contributed by atoms with Crippen LogP contribution in [-0.2, 0) is 4.79 Å². The number of carbonyl (C=O) groups is 1. The summed E-state index contributed by atoms with van der Waals surface area (Å²) in [5.41, 5.74) is 2.30. The van der Waals surface area contributed by atoms with Crippen LogP contribution in [0.25, 0.3) is 33.2 Å². The molecule has 172 valence electrons. The van der Waals surface area contributed by atoms with Crippen LogP contribution in [0.15, 0.2) is 54.6 Å². The number of nitrogens with zero attached hydrogens (tertiary/aromatic N) is 1. The van der Waals surface area contributed by atoms with Gasteiger partial charge in [-0.3, -0.25) is 9.89 Å². The van der Waals surface area contributed by atoms with Gasteiger partial charge in [-0.15, -0.1) is 0 Å². The van der Waals surface area contributed by atoms with E-state index >= 15 is 0 Å². The number of allylic oxidation sites excluding steroid dienone is 1. The molecule has 0 aliphatic carbocycles. The van der Waals surface area contributed by atoms with E-state index in [9.17, 15) is 26.7 Å². The number of ether oxygens (including phenoxy) is 1. The Kier molecular flexibility index (Phi) is 6.03. The molecule has 2 aromatic carbocycles. The average Bonchev–Trinajstić information content (AvgIpc) is 3.38. The summed E-state index contributed by atoms with van der Waals surface area (Å²) in [4.78, 5) is 14.6. The predicted octanol–water partition coefficient (Wildman–Crippen LogP) is 5.26. The van der Waals surface area contributed by atoms with Crippen molar-refractivity contribution in [2.45, 2.75) is 12.6 Å². The molecular weight excluding hydrogens is 447 g/mol. The van der Waals surface area contributed by atoms with Crippen LogP contribution in [0.4, 0.5) is 22.0 Å². The summed E-state index contributed by atoms with van der Waals surface area (Å²) >= 11 is 0. The molecule has 3 N–H and O–H groups in total. The van der Waals surface area contributed by atoms with Gasteiger partial charge in [-0.05, 0) is 24.3 Å². The Morgan fingerprint density at radius 2 is 1.94 bits per heavy atom. The molecule has 6 nitrogen and oxygen atoms in total. The normalized spacial score (nSPS) is 12.3. The minimum Gasteiger partial charge on any atom is -0.491 e. The molecule has 0 spiro atoms. The van der Waals surface area contributed by atoms with Crippen molar-refractivity contribution in [3.63, 3.8) is 0 Å². The molecule has 0 saturated heterocycles. The van der Waals surface area contributed by atoms with Crippen LogP contribution in [-0.4, -0.2) is 40.4 Å². The molecule has 0 atom stereocenters. The molecular formula is C22H17F5N4O2. The number of carbonyl (C=O) groups excluding carboxylic acids is 1. The Labute approximate surface area is 183 Å². The maximum absolute atomic E-state index is 12.9. The number of aromatic amines is 2. The number of rotatable bonds is 7. The van der Waals surface area contributed by atoms with Gasteiger partial charge in [-0.25, -0.2) is 8.78 Å². The Balaban J connectivity index is 1.48. The first-order valence-corrected chi connectivity index (χ1v) is 9.76. The Morgan fingerprint density at radius 1 is 1.12 bits per heavy atom. The second-order valence-electron chi connectivity index (χ2n) is 7.09. The van der Waals surface area contributed by atoms with Gasteiger partial charge in [0.25, 0.3) is 6.43 Å². The van der Waals surface area contributed by atoms with Crippen LogP contribution < -0.4 is 10.1 Å². The minimum atomic E-state index is -4.56. The zero-order valence-electron chi connectivity index (χ0n) is 16.8. The smallest absolute Gasteiger partial charge is 0.409 e. The van der Waals surface area contributed by atoms with Crippen LogP contribution in [0, 0.1) is 0 Å². The van der Waals surface area contributed by atoms with Crippen molar-refractivity contribution < 1.29 is 31.5 Å². The van der Waals surface area contributed by atoms with E-state index in [4.69, 9.17) is 4.74 Å². The standard InChI is InChI=1S/C22H17F5N4O2/c23-21(24)12-4-5-13-16(10-12)30-31-20(13)17-11-14-15(29-17)2-1-3-18(14)33-9-8-28-19(32)6-7-22(25,26)27/h1-7,10-11,21,29H,8-9H2,(H,28,32)(H,30,31)/b7-6+. The van der Waals surface area contributed by atoms with E-state index in [0.717, 1.165) is 10.9 Å². The number of amides is 1. The second kappa shape index (κ2) is 8.93. The topological polar surface area (TPSA) is 82.8 Å². The molecule has 4 rings (SSSR count). The highest BCUT2D eigenvalue weighted by Crippen LogP contribution is 2.33. The van der Waals surface area contributed by atoms with E-state index in [1.54, 1.807) is 24.3 Å². The lowest BCUT2D eigenvalue weighted by molar-refractivity contribution is -0.117. The molecule has 33 heavy (non-hydrogen) atoms. The van der Waals surface area contributed by atoms with Gasteiger partial charge < -0.3 is 15.0 Å². The highest BCUT2D eigenvalue weighted by molar-refractivity contribution is 5.97. The maximum atomic E-state index is 12.9. The fourth-order valence-corrected chi connectivity index (χ4v) is 3.32. The van der Waals surface area contributed by atoms with Crippen LogP contribution in [0.1, 0.15) is 12.0 Å². The molecule has 0 aliphatic heterocycles. The molecule has 11 heteroatoms. The van der Waals surface area contributed by atoms with Crippen molar-refractivity contribution in [2.24, 2.45) is 0 Å². The number of nitrogens with one attached hydrogen (secondary N) is 3. The molecule has 0 bridgehead atoms. The highest BCUT2D eigenvalue weighted by Gasteiger charge is 2.22. The Morgan fingerprint density at radius 3 is 2.70 bits per heavy atom. The van der Waals surface area contributed by atoms with E-state index in [1.807, 2.05) is 6.07 Å². The molecule has 0 fully saturated rings. The fraction of sp³-hybridized carbons (Fsp3) is 0.182. The largest absolute Gasteiger partial charge is 0.491 e. The predicted molar refractivity (Wildman–Crippen MR) is 112 cm³/mol. The van der Waals surface area contributed by atoms with E-state index < -0.39 is 18.5 Å². The maximum Gasteiger partial charge on any atom is 0.409 e. The second-order valence-corrected chi connectivity index (χ2v) is 7.09. The summed E-state index contributed by atoms with van der Waals surface area (Å²) in [5.74, 6) is -0.381. The van der Waals surface area contributed by atoms with Gasteiger partial charge >= 0.3 is 6.18 Å². The summed E-state index contributed by atoms with van der Waals surface area (Å²) in [5, 5.41) is 10.7. The van der Waals surface area contributed by atoms with Gasteiger partial charge in [0.05, 0.1) is 17.8 Å². The van der Waals surface area contributed by atoms with Gasteiger partial charge in [0.15, 0.2) is 0 Å². The van der Waals surface area contributed by atoms with E-state index in [0.29, 0.717) is 34.1 Å². The first-order chi connectivity index (χ1) is 15.7. The van der Waals surface area contributed by atoms with E-state index in [-0.39, 0.29) is 24.8 Å². The number of alkyl halides is 5. The van der Waals surface area contributed by atoms with Crippen LogP contribution in [0.5, 0.6) is 5.75 Å². The van der Waals surface area contributed by atoms with Crippen LogP contribution in [0.2, 0.25) is 0 Å². The monoisotopic (exact) mass is 464 g/mol. The Hall–Kier alpha value is -3.89. The lowest BCUT2D eigenvalue weighted by atomic mass is 10.1. The van der Waals surface area contributed by atoms with E-state index in [2.05, 4.69) is 20.5 Å². The van der Waals surface area contributed by atoms with Crippen molar-refractivity contribution in [1.29, 1.82) is 0 Å². The highest BCUT2D eigenvalue weighted by atomic mass is 19.4. The minimum absolute atomic E-state index is 0.00513. The quantitative estimate of drug-likeness (QED) is 0.198. The molecule has 4 aromatic rings. The number of fused-ring (bicyclic) bond motifs is 2. The average molecular weight is 464 g/mol. The third-order valence-electron chi connectivity index (χ3n) is 4.80. The molecule has 2 heterocycles. The summed E-state index contributed by atoms with van der Waals surface area (Å²) < 4.78 is 67.8. The summed E-state index contributed by atoms with van der Waals surface area (Å²) in [6, 6.07) is 11.4. The van der Waals surface area contributed by atoms with Gasteiger partial charge in [0.2, 0.25) is 5.91 Å². The van der Waals surface area contributed by atoms with Gasteiger partial charge in [-0.1, -0.05) is 18.2 Å². The third-order valence-corrected chi connectivity index (χ3v) is 4.80. The zero-order chi connectivity index (χ0) is 23.6. The molecule has 0 aliphatic rings. The van der Waals surface area contributed by atoms with Crippen molar-refractivity contribution >= 4 is 27.7 Å². The molecule has 0 saturated carbocycles. The molecule has 1 amide bonds. The number of hydrogen-bond acceptors (Lipinski definition) is 3. The molecule has 2 aromatic heterocycles. The lowest BCUT2D eigenvalue weighted by Gasteiger charge is -2.07. The van der Waals surface area contributed by atoms with Gasteiger partial charge in [-0.2, -0.15) is 18.3 Å². The van der Waals surface area contributed by atoms with Gasteiger partial charge in [0.1, 0.15) is 18.1 Å². The molecule has 0 unspecified atom stereocenters. The SMILES string of the molecule is O=C(/C=C/C(F)(F)F)NCCOc1cccc2[nH]c(-c3n[nH]c4cc(C(F)F)ccc34)cc12. The fourth-order valence-electron chi connectivity index (χ4n) is 3.32. The Bertz CT molecular complexity index is 1320. The number of H-pyrrole nitrogens is 2. The summed E-state index contributed by atoms with van der Waals surface area (Å²) in [6.07, 6.45) is -6.87. The number of benzene rings is 2. The van der Waals surface area contributed by atoms with Gasteiger partial charge in [0, 0.05) is 34.0 Å². The summed E-state index contributed by atoms with van der Waals surface area (Å²) in [7, 11) is 0.